The lowest BCUT2D eigenvalue weighted by Gasteiger charge is -2.26. The first-order valence-electron chi connectivity index (χ1n) is 6.14. The van der Waals surface area contributed by atoms with Crippen LogP contribution in [0.25, 0.3) is 0 Å². The molecule has 0 aliphatic heterocycles. The molecule has 5 N–H and O–H groups in total. The number of nitrogens with one attached hydrogen (secondary N) is 1. The van der Waals surface area contributed by atoms with E-state index in [1.54, 1.807) is 4.68 Å². The Morgan fingerprint density at radius 2 is 2.11 bits per heavy atom. The molecule has 0 aliphatic rings. The molecule has 0 atom stereocenters. The Morgan fingerprint density at radius 3 is 2.61 bits per heavy atom. The fraction of sp³-hybridized carbons (Fsp3) is 0.667. The number of carbonyl (C=O) groups is 1. The molecule has 0 fully saturated rings. The van der Waals surface area contributed by atoms with Crippen LogP contribution in [0.2, 0.25) is 0 Å². The molecule has 1 aromatic rings. The molecule has 1 amide bonds. The van der Waals surface area contributed by atoms with Crippen molar-refractivity contribution in [2.24, 2.45) is 12.8 Å². The second-order valence-electron chi connectivity index (χ2n) is 5.23. The van der Waals surface area contributed by atoms with Gasteiger partial charge >= 0.3 is 0 Å². The molecule has 1 aromatic heterocycles. The smallest absolute Gasteiger partial charge is 0.219 e. The van der Waals surface area contributed by atoms with Gasteiger partial charge in [-0.1, -0.05) is 13.3 Å². The number of aryl methyl sites for hydroxylation is 2. The molecule has 0 saturated carbocycles. The molecular weight excluding hydrogens is 230 g/mol. The summed E-state index contributed by atoms with van der Waals surface area (Å²) in [5.74, 6) is 0.395. The third kappa shape index (κ3) is 3.38. The van der Waals surface area contributed by atoms with Crippen LogP contribution in [0, 0.1) is 0 Å². The van der Waals surface area contributed by atoms with Gasteiger partial charge in [0.15, 0.2) is 0 Å². The van der Waals surface area contributed by atoms with E-state index in [4.69, 9.17) is 11.5 Å². The fourth-order valence-electron chi connectivity index (χ4n) is 1.97. The van der Waals surface area contributed by atoms with Crippen molar-refractivity contribution in [3.8, 4) is 0 Å². The molecule has 0 aromatic carbocycles. The summed E-state index contributed by atoms with van der Waals surface area (Å²) in [6.07, 6.45) is 2.07. The summed E-state index contributed by atoms with van der Waals surface area (Å²) in [6, 6.07) is 0. The summed E-state index contributed by atoms with van der Waals surface area (Å²) in [6.45, 7) is 5.89. The van der Waals surface area contributed by atoms with Gasteiger partial charge in [-0.15, -0.1) is 0 Å². The molecule has 102 valence electrons. The Hall–Kier alpha value is -1.72. The van der Waals surface area contributed by atoms with E-state index in [0.29, 0.717) is 5.69 Å². The van der Waals surface area contributed by atoms with Crippen molar-refractivity contribution >= 4 is 17.4 Å². The second-order valence-corrected chi connectivity index (χ2v) is 5.23. The Bertz CT molecular complexity index is 436. The predicted octanol–water partition coefficient (Wildman–Crippen LogP) is 1.02. The molecular formula is C12H23N5O. The number of carbonyl (C=O) groups excluding carboxylic acids is 1. The van der Waals surface area contributed by atoms with E-state index in [1.807, 2.05) is 20.9 Å². The normalized spacial score (nSPS) is 11.6. The number of rotatable bonds is 6. The van der Waals surface area contributed by atoms with Crippen LogP contribution in [0.5, 0.6) is 0 Å². The minimum Gasteiger partial charge on any atom is -0.394 e. The number of amides is 1. The molecule has 0 saturated heterocycles. The highest BCUT2D eigenvalue weighted by Gasteiger charge is 2.24. The maximum atomic E-state index is 11.0. The van der Waals surface area contributed by atoms with E-state index in [2.05, 4.69) is 17.3 Å². The van der Waals surface area contributed by atoms with Crippen molar-refractivity contribution < 1.29 is 4.79 Å². The van der Waals surface area contributed by atoms with Gasteiger partial charge in [-0.3, -0.25) is 9.48 Å². The summed E-state index contributed by atoms with van der Waals surface area (Å²) in [4.78, 5) is 11.0. The highest BCUT2D eigenvalue weighted by molar-refractivity contribution is 5.76. The zero-order chi connectivity index (χ0) is 13.9. The Kier molecular flexibility index (Phi) is 4.21. The van der Waals surface area contributed by atoms with Gasteiger partial charge in [0.05, 0.1) is 11.4 Å². The number of anilines is 2. The van der Waals surface area contributed by atoms with Gasteiger partial charge in [0.25, 0.3) is 0 Å². The van der Waals surface area contributed by atoms with Crippen LogP contribution in [-0.2, 0) is 18.3 Å². The van der Waals surface area contributed by atoms with E-state index < -0.39 is 5.54 Å². The lowest BCUT2D eigenvalue weighted by molar-refractivity contribution is -0.118. The van der Waals surface area contributed by atoms with Crippen molar-refractivity contribution in [2.45, 2.75) is 45.6 Å². The fourth-order valence-corrected chi connectivity index (χ4v) is 1.97. The van der Waals surface area contributed by atoms with Gasteiger partial charge in [0.2, 0.25) is 5.91 Å². The van der Waals surface area contributed by atoms with Crippen LogP contribution in [0.3, 0.4) is 0 Å². The highest BCUT2D eigenvalue weighted by atomic mass is 16.1. The van der Waals surface area contributed by atoms with Gasteiger partial charge in [0, 0.05) is 19.0 Å². The zero-order valence-electron chi connectivity index (χ0n) is 11.6. The topological polar surface area (TPSA) is 99.0 Å². The molecule has 18 heavy (non-hydrogen) atoms. The van der Waals surface area contributed by atoms with Gasteiger partial charge < -0.3 is 16.8 Å². The van der Waals surface area contributed by atoms with Crippen molar-refractivity contribution in [1.29, 1.82) is 0 Å². The van der Waals surface area contributed by atoms with E-state index in [9.17, 15) is 4.79 Å². The number of aromatic nitrogens is 2. The van der Waals surface area contributed by atoms with E-state index in [-0.39, 0.29) is 12.3 Å². The number of primary amides is 1. The average molecular weight is 253 g/mol. The number of hydrogen-bond acceptors (Lipinski definition) is 4. The number of hydrogen-bond donors (Lipinski definition) is 3. The van der Waals surface area contributed by atoms with Crippen LogP contribution >= 0.6 is 0 Å². The number of nitrogens with zero attached hydrogens (tertiary/aromatic N) is 2. The van der Waals surface area contributed by atoms with E-state index >= 15 is 0 Å². The first-order chi connectivity index (χ1) is 8.26. The Morgan fingerprint density at radius 1 is 1.50 bits per heavy atom. The van der Waals surface area contributed by atoms with Gasteiger partial charge in [0.1, 0.15) is 5.82 Å². The summed E-state index contributed by atoms with van der Waals surface area (Å²) < 4.78 is 1.71. The molecule has 0 spiro atoms. The first-order valence-corrected chi connectivity index (χ1v) is 6.14. The van der Waals surface area contributed by atoms with Crippen molar-refractivity contribution in [1.82, 2.24) is 9.78 Å². The number of nitrogens with two attached hydrogens (primary N) is 2. The molecule has 0 radical (unpaired) electrons. The van der Waals surface area contributed by atoms with E-state index in [1.165, 1.54) is 0 Å². The van der Waals surface area contributed by atoms with Crippen molar-refractivity contribution in [3.63, 3.8) is 0 Å². The molecule has 0 aliphatic carbocycles. The van der Waals surface area contributed by atoms with Crippen LogP contribution in [-0.4, -0.2) is 21.2 Å². The summed E-state index contributed by atoms with van der Waals surface area (Å²) >= 11 is 0. The molecule has 1 heterocycles. The summed E-state index contributed by atoms with van der Waals surface area (Å²) in [5, 5.41) is 7.62. The van der Waals surface area contributed by atoms with Crippen LogP contribution < -0.4 is 16.8 Å². The minimum atomic E-state index is -0.447. The summed E-state index contributed by atoms with van der Waals surface area (Å²) in [7, 11) is 1.83. The third-order valence-electron chi connectivity index (χ3n) is 2.72. The predicted molar refractivity (Wildman–Crippen MR) is 73.1 cm³/mol. The Labute approximate surface area is 108 Å². The van der Waals surface area contributed by atoms with Crippen molar-refractivity contribution in [3.05, 3.63) is 5.69 Å². The molecule has 0 bridgehead atoms. The molecule has 0 unspecified atom stereocenters. The molecule has 6 heteroatoms. The SMILES string of the molecule is CCCc1nn(C)c(NC(C)(C)CC(N)=O)c1N. The Balaban J connectivity index is 2.93. The lowest BCUT2D eigenvalue weighted by atomic mass is 10.0. The first kappa shape index (κ1) is 14.3. The van der Waals surface area contributed by atoms with Crippen LogP contribution in [0.15, 0.2) is 0 Å². The number of nitrogen functional groups attached to an aromatic ring is 1. The second kappa shape index (κ2) is 5.29. The molecule has 1 rings (SSSR count). The zero-order valence-corrected chi connectivity index (χ0v) is 11.6. The highest BCUT2D eigenvalue weighted by Crippen LogP contribution is 2.27. The standard InChI is InChI=1S/C12H23N5O/c1-5-6-8-10(14)11(17(4)16-8)15-12(2,3)7-9(13)18/h15H,5-7,14H2,1-4H3,(H2,13,18). The molecule has 6 nitrogen and oxygen atoms in total. The van der Waals surface area contributed by atoms with Crippen LogP contribution in [0.1, 0.15) is 39.3 Å². The largest absolute Gasteiger partial charge is 0.394 e. The summed E-state index contributed by atoms with van der Waals surface area (Å²) in [5.41, 5.74) is 12.4. The quantitative estimate of drug-likeness (QED) is 0.704. The van der Waals surface area contributed by atoms with Crippen LogP contribution in [0.4, 0.5) is 11.5 Å². The maximum Gasteiger partial charge on any atom is 0.219 e. The lowest BCUT2D eigenvalue weighted by Crippen LogP contribution is -2.36. The van der Waals surface area contributed by atoms with Gasteiger partial charge in [-0.25, -0.2) is 0 Å². The van der Waals surface area contributed by atoms with Gasteiger partial charge in [-0.2, -0.15) is 5.10 Å². The van der Waals surface area contributed by atoms with Gasteiger partial charge in [-0.05, 0) is 20.3 Å². The van der Waals surface area contributed by atoms with Crippen molar-refractivity contribution in [2.75, 3.05) is 11.1 Å². The third-order valence-corrected chi connectivity index (χ3v) is 2.72. The maximum absolute atomic E-state index is 11.0. The average Bonchev–Trinajstić information content (AvgIpc) is 2.44. The van der Waals surface area contributed by atoms with E-state index in [0.717, 1.165) is 24.4 Å². The minimum absolute atomic E-state index is 0.237. The monoisotopic (exact) mass is 253 g/mol.